The van der Waals surface area contributed by atoms with Crippen molar-refractivity contribution in [3.05, 3.63) is 0 Å². The summed E-state index contributed by atoms with van der Waals surface area (Å²) < 4.78 is 14.9. The minimum absolute atomic E-state index is 0.589. The van der Waals surface area contributed by atoms with Crippen LogP contribution in [0, 0.1) is 0 Å². The highest BCUT2D eigenvalue weighted by Gasteiger charge is 1.80. The van der Waals surface area contributed by atoms with Crippen molar-refractivity contribution < 1.29 is 13.6 Å². The van der Waals surface area contributed by atoms with Crippen LogP contribution in [-0.2, 0) is 13.6 Å². The van der Waals surface area contributed by atoms with Crippen LogP contribution in [-0.4, -0.2) is 47.6 Å². The first kappa shape index (κ1) is 17.3. The van der Waals surface area contributed by atoms with E-state index >= 15 is 0 Å². The largest absolute Gasteiger partial charge is 0.399 e. The molecule has 3 nitrogen and oxygen atoms in total. The lowest BCUT2D eigenvalue weighted by molar-refractivity contribution is 0.167. The molecule has 6 heteroatoms. The van der Waals surface area contributed by atoms with E-state index in [1.165, 1.54) is 0 Å². The fourth-order valence-corrected chi connectivity index (χ4v) is 1.23. The highest BCUT2D eigenvalue weighted by atomic mass is 79.9. The van der Waals surface area contributed by atoms with Gasteiger partial charge in [-0.3, -0.25) is 0 Å². The Balaban J connectivity index is 0. The first-order valence-corrected chi connectivity index (χ1v) is 7.49. The van der Waals surface area contributed by atoms with Crippen molar-refractivity contribution in [2.45, 2.75) is 13.8 Å². The highest BCUT2D eigenvalue weighted by Crippen LogP contribution is 1.82. The molecule has 0 heterocycles. The first-order chi connectivity index (χ1) is 6.83. The van der Waals surface area contributed by atoms with E-state index in [-0.39, 0.29) is 0 Å². The molecule has 0 aromatic rings. The van der Waals surface area contributed by atoms with E-state index in [0.717, 1.165) is 25.2 Å². The van der Waals surface area contributed by atoms with Crippen LogP contribution in [0.1, 0.15) is 13.8 Å². The second-order valence-corrected chi connectivity index (χ2v) is 4.32. The van der Waals surface area contributed by atoms with Gasteiger partial charge < -0.3 is 13.6 Å². The van der Waals surface area contributed by atoms with E-state index in [0.29, 0.717) is 12.5 Å². The summed E-state index contributed by atoms with van der Waals surface area (Å²) in [6, 6.07) is 0. The second-order valence-electron chi connectivity index (χ2n) is 2.09. The topological polar surface area (TPSA) is 27.7 Å². The number of hydrogen-bond donors (Lipinski definition) is 0. The molecule has 14 heavy (non-hydrogen) atoms. The highest BCUT2D eigenvalue weighted by molar-refractivity contribution is 9.09. The Morgan fingerprint density at radius 2 is 1.71 bits per heavy atom. The van der Waals surface area contributed by atoms with Crippen molar-refractivity contribution in [2.75, 3.05) is 37.6 Å². The molecule has 0 atom stereocenters. The molecule has 88 valence electrons. The SMILES string of the molecule is CCO[SiH2]OCC.ClCCOCCBr. The van der Waals surface area contributed by atoms with Crippen LogP contribution in [0.4, 0.5) is 0 Å². The number of ether oxygens (including phenoxy) is 1. The van der Waals surface area contributed by atoms with Gasteiger partial charge in [-0.1, -0.05) is 15.9 Å². The maximum atomic E-state index is 5.30. The van der Waals surface area contributed by atoms with Crippen molar-refractivity contribution in [3.8, 4) is 0 Å². The van der Waals surface area contributed by atoms with Crippen molar-refractivity contribution in [3.63, 3.8) is 0 Å². The van der Waals surface area contributed by atoms with Gasteiger partial charge in [-0.2, -0.15) is 0 Å². The van der Waals surface area contributed by atoms with E-state index in [4.69, 9.17) is 25.2 Å². The van der Waals surface area contributed by atoms with Crippen molar-refractivity contribution >= 4 is 37.5 Å². The number of hydrogen-bond acceptors (Lipinski definition) is 3. The van der Waals surface area contributed by atoms with Crippen molar-refractivity contribution in [1.29, 1.82) is 0 Å². The van der Waals surface area contributed by atoms with Gasteiger partial charge in [-0.25, -0.2) is 0 Å². The summed E-state index contributed by atoms with van der Waals surface area (Å²) in [5.41, 5.74) is 0. The van der Waals surface area contributed by atoms with Crippen LogP contribution in [0.25, 0.3) is 0 Å². The lowest BCUT2D eigenvalue weighted by Gasteiger charge is -1.96. The second kappa shape index (κ2) is 19.4. The molecule has 0 aliphatic rings. The van der Waals surface area contributed by atoms with Gasteiger partial charge in [-0.15, -0.1) is 11.6 Å². The van der Waals surface area contributed by atoms with Crippen molar-refractivity contribution in [2.24, 2.45) is 0 Å². The van der Waals surface area contributed by atoms with Gasteiger partial charge in [0.2, 0.25) is 0 Å². The standard InChI is InChI=1S/C4H8BrClO.C4H12O2Si/c5-1-3-7-4-2-6;1-3-5-7-6-4-2/h1-4H2;3-4,7H2,1-2H3. The monoisotopic (exact) mass is 306 g/mol. The van der Waals surface area contributed by atoms with E-state index in [9.17, 15) is 0 Å². The third kappa shape index (κ3) is 23.0. The molecule has 0 radical (unpaired) electrons. The summed E-state index contributed by atoms with van der Waals surface area (Å²) in [6.45, 7) is 6.97. The molecule has 0 unspecified atom stereocenters. The molecule has 0 saturated carbocycles. The fourth-order valence-electron chi connectivity index (χ4n) is 0.437. The van der Waals surface area contributed by atoms with Gasteiger partial charge in [0.1, 0.15) is 0 Å². The molecule has 0 fully saturated rings. The summed E-state index contributed by atoms with van der Waals surface area (Å²) >= 11 is 8.51. The smallest absolute Gasteiger partial charge is 0.304 e. The normalized spacial score (nSPS) is 9.43. The van der Waals surface area contributed by atoms with Crippen LogP contribution in [0.2, 0.25) is 0 Å². The molecule has 0 rings (SSSR count). The molecule has 0 N–H and O–H groups in total. The Bertz CT molecular complexity index is 73.0. The van der Waals surface area contributed by atoms with Gasteiger partial charge >= 0.3 is 10.0 Å². The third-order valence-electron chi connectivity index (χ3n) is 1.02. The van der Waals surface area contributed by atoms with Gasteiger partial charge in [0.05, 0.1) is 13.2 Å². The van der Waals surface area contributed by atoms with E-state index in [1.54, 1.807) is 0 Å². The van der Waals surface area contributed by atoms with E-state index in [1.807, 2.05) is 13.8 Å². The molecule has 0 aliphatic heterocycles. The quantitative estimate of drug-likeness (QED) is 0.388. The Hall–Kier alpha value is 0.867. The maximum Gasteiger partial charge on any atom is 0.304 e. The summed E-state index contributed by atoms with van der Waals surface area (Å²) in [6.07, 6.45) is 0. The molecule has 0 bridgehead atoms. The van der Waals surface area contributed by atoms with Gasteiger partial charge in [0, 0.05) is 24.4 Å². The molecular weight excluding hydrogens is 288 g/mol. The van der Waals surface area contributed by atoms with Crippen LogP contribution < -0.4 is 0 Å². The fraction of sp³-hybridized carbons (Fsp3) is 1.00. The molecular formula is C8H20BrClO3Si. The van der Waals surface area contributed by atoms with Crippen LogP contribution in [0.3, 0.4) is 0 Å². The lowest BCUT2D eigenvalue weighted by Crippen LogP contribution is -2.02. The average Bonchev–Trinajstić information content (AvgIpc) is 2.21. The maximum absolute atomic E-state index is 5.30. The van der Waals surface area contributed by atoms with Crippen LogP contribution >= 0.6 is 27.5 Å². The summed E-state index contributed by atoms with van der Waals surface area (Å²) in [4.78, 5) is 0. The Labute approximate surface area is 103 Å². The Morgan fingerprint density at radius 3 is 2.07 bits per heavy atom. The predicted octanol–water partition coefficient (Wildman–Crippen LogP) is 1.69. The zero-order valence-corrected chi connectivity index (χ0v) is 12.7. The van der Waals surface area contributed by atoms with E-state index in [2.05, 4.69) is 15.9 Å². The lowest BCUT2D eigenvalue weighted by atomic mass is 10.8. The number of rotatable bonds is 8. The molecule has 0 aliphatic carbocycles. The summed E-state index contributed by atoms with van der Waals surface area (Å²) in [5, 5.41) is 0.893. The van der Waals surface area contributed by atoms with Gasteiger partial charge in [0.15, 0.2) is 0 Å². The number of halogens is 2. The first-order valence-electron chi connectivity index (χ1n) is 4.68. The third-order valence-corrected chi connectivity index (χ3v) is 2.65. The minimum atomic E-state index is -0.589. The zero-order chi connectivity index (χ0) is 11.1. The molecule has 0 spiro atoms. The Kier molecular flexibility index (Phi) is 24.0. The zero-order valence-electron chi connectivity index (χ0n) is 8.93. The van der Waals surface area contributed by atoms with Gasteiger partial charge in [-0.05, 0) is 13.8 Å². The Morgan fingerprint density at radius 1 is 1.14 bits per heavy atom. The molecule has 0 amide bonds. The van der Waals surface area contributed by atoms with E-state index < -0.39 is 10.0 Å². The molecule has 0 aromatic carbocycles. The van der Waals surface area contributed by atoms with Crippen LogP contribution in [0.15, 0.2) is 0 Å². The average molecular weight is 308 g/mol. The van der Waals surface area contributed by atoms with Crippen molar-refractivity contribution in [1.82, 2.24) is 0 Å². The molecule has 0 aromatic heterocycles. The molecule has 0 saturated heterocycles. The van der Waals surface area contributed by atoms with Gasteiger partial charge in [0.25, 0.3) is 0 Å². The summed E-state index contributed by atoms with van der Waals surface area (Å²) in [7, 11) is -0.589. The number of alkyl halides is 2. The minimum Gasteiger partial charge on any atom is -0.399 e. The summed E-state index contributed by atoms with van der Waals surface area (Å²) in [5.74, 6) is 0.590. The van der Waals surface area contributed by atoms with Crippen LogP contribution in [0.5, 0.6) is 0 Å². The predicted molar refractivity (Wildman–Crippen MR) is 67.1 cm³/mol.